The van der Waals surface area contributed by atoms with Gasteiger partial charge in [0, 0.05) is 31.4 Å². The molecule has 1 aromatic carbocycles. The molecule has 0 aliphatic carbocycles. The second kappa shape index (κ2) is 12.9. The van der Waals surface area contributed by atoms with E-state index in [4.69, 9.17) is 4.74 Å². The van der Waals surface area contributed by atoms with E-state index in [9.17, 15) is 4.79 Å². The predicted molar refractivity (Wildman–Crippen MR) is 127 cm³/mol. The molecule has 1 amide bonds. The number of rotatable bonds is 7. The Morgan fingerprint density at radius 1 is 1.16 bits per heavy atom. The van der Waals surface area contributed by atoms with Gasteiger partial charge in [-0.25, -0.2) is 0 Å². The SMILES string of the molecule is Cl.Cl.O=C(NCC1CCCN(Cc2ccccc2Oc2cccnc2)C1)C1CCCN1. The van der Waals surface area contributed by atoms with Crippen molar-refractivity contribution in [2.75, 3.05) is 26.2 Å². The Hall–Kier alpha value is -1.86. The largest absolute Gasteiger partial charge is 0.455 e. The summed E-state index contributed by atoms with van der Waals surface area (Å²) in [7, 11) is 0. The quantitative estimate of drug-likeness (QED) is 0.649. The van der Waals surface area contributed by atoms with Crippen LogP contribution in [0.4, 0.5) is 0 Å². The number of benzene rings is 1. The summed E-state index contributed by atoms with van der Waals surface area (Å²) in [6, 6.07) is 12.0. The number of nitrogens with zero attached hydrogens (tertiary/aromatic N) is 2. The molecular formula is C23H32Cl2N4O2. The van der Waals surface area contributed by atoms with Crippen LogP contribution in [-0.2, 0) is 11.3 Å². The molecule has 2 fully saturated rings. The number of carbonyl (C=O) groups excluding carboxylic acids is 1. The fourth-order valence-corrected chi connectivity index (χ4v) is 4.25. The lowest BCUT2D eigenvalue weighted by molar-refractivity contribution is -0.123. The van der Waals surface area contributed by atoms with Crippen LogP contribution >= 0.6 is 24.8 Å². The van der Waals surface area contributed by atoms with Crippen LogP contribution in [0.25, 0.3) is 0 Å². The van der Waals surface area contributed by atoms with E-state index >= 15 is 0 Å². The maximum absolute atomic E-state index is 12.3. The number of ether oxygens (including phenoxy) is 1. The zero-order valence-corrected chi connectivity index (χ0v) is 19.3. The highest BCUT2D eigenvalue weighted by Gasteiger charge is 2.25. The molecule has 2 unspecified atom stereocenters. The lowest BCUT2D eigenvalue weighted by Gasteiger charge is -2.33. The lowest BCUT2D eigenvalue weighted by atomic mass is 9.97. The molecule has 0 saturated carbocycles. The van der Waals surface area contributed by atoms with Crippen LogP contribution in [-0.4, -0.2) is 48.0 Å². The Morgan fingerprint density at radius 2 is 2.03 bits per heavy atom. The Balaban J connectivity index is 0.00000171. The number of likely N-dealkylation sites (tertiary alicyclic amines) is 1. The molecular weight excluding hydrogens is 435 g/mol. The number of hydrogen-bond donors (Lipinski definition) is 2. The molecule has 2 N–H and O–H groups in total. The van der Waals surface area contributed by atoms with Crippen molar-refractivity contribution >= 4 is 30.7 Å². The van der Waals surface area contributed by atoms with E-state index in [0.29, 0.717) is 5.92 Å². The number of nitrogens with one attached hydrogen (secondary N) is 2. The first-order valence-corrected chi connectivity index (χ1v) is 10.7. The molecule has 2 aromatic rings. The van der Waals surface area contributed by atoms with Crippen LogP contribution in [0.2, 0.25) is 0 Å². The zero-order valence-electron chi connectivity index (χ0n) is 17.7. The number of carbonyl (C=O) groups is 1. The van der Waals surface area contributed by atoms with Gasteiger partial charge in [0.25, 0.3) is 0 Å². The molecule has 2 aliphatic heterocycles. The average molecular weight is 467 g/mol. The Labute approximate surface area is 197 Å². The van der Waals surface area contributed by atoms with Crippen molar-refractivity contribution in [3.8, 4) is 11.5 Å². The van der Waals surface area contributed by atoms with Crippen molar-refractivity contribution in [2.24, 2.45) is 5.92 Å². The van der Waals surface area contributed by atoms with Gasteiger partial charge in [0.05, 0.1) is 12.2 Å². The summed E-state index contributed by atoms with van der Waals surface area (Å²) < 4.78 is 6.06. The maximum atomic E-state index is 12.3. The Morgan fingerprint density at radius 3 is 2.81 bits per heavy atom. The molecule has 8 heteroatoms. The third-order valence-electron chi connectivity index (χ3n) is 5.77. The molecule has 3 heterocycles. The third-order valence-corrected chi connectivity index (χ3v) is 5.77. The average Bonchev–Trinajstić information content (AvgIpc) is 3.30. The normalized spacial score (nSPS) is 20.9. The first kappa shape index (κ1) is 25.4. The molecule has 31 heavy (non-hydrogen) atoms. The number of pyridine rings is 1. The van der Waals surface area contributed by atoms with Crippen molar-refractivity contribution in [3.05, 3.63) is 54.4 Å². The van der Waals surface area contributed by atoms with Crippen LogP contribution in [0.3, 0.4) is 0 Å². The van der Waals surface area contributed by atoms with Gasteiger partial charge in [-0.15, -0.1) is 24.8 Å². The summed E-state index contributed by atoms with van der Waals surface area (Å²) >= 11 is 0. The molecule has 0 spiro atoms. The van der Waals surface area contributed by atoms with Crippen LogP contribution in [0.5, 0.6) is 11.5 Å². The van der Waals surface area contributed by atoms with Gasteiger partial charge in [-0.2, -0.15) is 0 Å². The summed E-state index contributed by atoms with van der Waals surface area (Å²) in [5.74, 6) is 2.29. The smallest absolute Gasteiger partial charge is 0.237 e. The van der Waals surface area contributed by atoms with Gasteiger partial charge in [0.2, 0.25) is 5.91 Å². The number of halogens is 2. The molecule has 0 radical (unpaired) electrons. The topological polar surface area (TPSA) is 66.5 Å². The summed E-state index contributed by atoms with van der Waals surface area (Å²) in [6.07, 6.45) is 7.85. The standard InChI is InChI=1S/C23H30N4O2.2ClH/c28-23(21-9-4-12-25-21)26-14-18-6-5-13-27(16-18)17-19-7-1-2-10-22(19)29-20-8-3-11-24-15-20;;/h1-3,7-8,10-11,15,18,21,25H,4-6,9,12-14,16-17H2,(H,26,28);2*1H. The minimum atomic E-state index is 0. The van der Waals surface area contributed by atoms with E-state index in [-0.39, 0.29) is 36.8 Å². The highest BCUT2D eigenvalue weighted by Crippen LogP contribution is 2.27. The van der Waals surface area contributed by atoms with Gasteiger partial charge in [0.1, 0.15) is 11.5 Å². The van der Waals surface area contributed by atoms with Gasteiger partial charge < -0.3 is 15.4 Å². The first-order chi connectivity index (χ1) is 14.3. The first-order valence-electron chi connectivity index (χ1n) is 10.7. The number of aromatic nitrogens is 1. The number of piperidine rings is 1. The Kier molecular flexibility index (Phi) is 10.5. The van der Waals surface area contributed by atoms with Crippen molar-refractivity contribution in [3.63, 3.8) is 0 Å². The van der Waals surface area contributed by atoms with E-state index in [1.54, 1.807) is 12.4 Å². The van der Waals surface area contributed by atoms with Crippen LogP contribution in [0, 0.1) is 5.92 Å². The molecule has 6 nitrogen and oxygen atoms in total. The van der Waals surface area contributed by atoms with E-state index in [1.807, 2.05) is 24.3 Å². The minimum Gasteiger partial charge on any atom is -0.455 e. The monoisotopic (exact) mass is 466 g/mol. The molecule has 1 aromatic heterocycles. The molecule has 2 atom stereocenters. The van der Waals surface area contributed by atoms with Crippen molar-refractivity contribution in [2.45, 2.75) is 38.3 Å². The number of amides is 1. The van der Waals surface area contributed by atoms with E-state index in [0.717, 1.165) is 63.5 Å². The fraction of sp³-hybridized carbons (Fsp3) is 0.478. The van der Waals surface area contributed by atoms with Crippen LogP contribution < -0.4 is 15.4 Å². The molecule has 2 saturated heterocycles. The third kappa shape index (κ3) is 7.35. The molecule has 170 valence electrons. The Bertz CT molecular complexity index is 803. The van der Waals surface area contributed by atoms with Gasteiger partial charge in [0.15, 0.2) is 0 Å². The number of para-hydroxylation sites is 1. The second-order valence-electron chi connectivity index (χ2n) is 8.04. The predicted octanol–water partition coefficient (Wildman–Crippen LogP) is 3.80. The summed E-state index contributed by atoms with van der Waals surface area (Å²) in [5.41, 5.74) is 1.18. The van der Waals surface area contributed by atoms with Gasteiger partial charge in [-0.3, -0.25) is 14.7 Å². The van der Waals surface area contributed by atoms with Crippen LogP contribution in [0.15, 0.2) is 48.8 Å². The summed E-state index contributed by atoms with van der Waals surface area (Å²) in [4.78, 5) is 18.9. The van der Waals surface area contributed by atoms with E-state index < -0.39 is 0 Å². The summed E-state index contributed by atoms with van der Waals surface area (Å²) in [6.45, 7) is 4.65. The van der Waals surface area contributed by atoms with Gasteiger partial charge in [-0.1, -0.05) is 18.2 Å². The van der Waals surface area contributed by atoms with Gasteiger partial charge in [-0.05, 0) is 62.9 Å². The molecule has 2 aliphatic rings. The van der Waals surface area contributed by atoms with E-state index in [1.165, 1.54) is 12.0 Å². The van der Waals surface area contributed by atoms with Crippen molar-refractivity contribution < 1.29 is 9.53 Å². The maximum Gasteiger partial charge on any atom is 0.237 e. The van der Waals surface area contributed by atoms with Crippen molar-refractivity contribution in [1.29, 1.82) is 0 Å². The number of hydrogen-bond acceptors (Lipinski definition) is 5. The molecule has 0 bridgehead atoms. The lowest BCUT2D eigenvalue weighted by Crippen LogP contribution is -2.45. The highest BCUT2D eigenvalue weighted by molar-refractivity contribution is 5.85. The van der Waals surface area contributed by atoms with E-state index in [2.05, 4.69) is 32.7 Å². The highest BCUT2D eigenvalue weighted by atomic mass is 35.5. The zero-order chi connectivity index (χ0) is 19.9. The second-order valence-corrected chi connectivity index (χ2v) is 8.04. The van der Waals surface area contributed by atoms with Crippen molar-refractivity contribution in [1.82, 2.24) is 20.5 Å². The minimum absolute atomic E-state index is 0. The molecule has 4 rings (SSSR count). The van der Waals surface area contributed by atoms with Crippen LogP contribution in [0.1, 0.15) is 31.2 Å². The van der Waals surface area contributed by atoms with Gasteiger partial charge >= 0.3 is 0 Å². The fourth-order valence-electron chi connectivity index (χ4n) is 4.25. The summed E-state index contributed by atoms with van der Waals surface area (Å²) in [5, 5.41) is 6.43.